The highest BCUT2D eigenvalue weighted by Gasteiger charge is 2.13. The molecule has 0 spiro atoms. The number of nitrogens with two attached hydrogens (primary N) is 1. The van der Waals surface area contributed by atoms with Crippen LogP contribution >= 0.6 is 0 Å². The molecule has 0 saturated carbocycles. The molecule has 1 unspecified atom stereocenters. The molecule has 3 aromatic carbocycles. The van der Waals surface area contributed by atoms with Gasteiger partial charge in [0.25, 0.3) is 0 Å². The molecular formula is C22H24N2. The molecule has 2 heteroatoms. The van der Waals surface area contributed by atoms with Crippen molar-refractivity contribution in [1.29, 1.82) is 0 Å². The summed E-state index contributed by atoms with van der Waals surface area (Å²) in [5, 5.41) is 0. The van der Waals surface area contributed by atoms with Crippen molar-refractivity contribution in [1.82, 2.24) is 4.90 Å². The van der Waals surface area contributed by atoms with Crippen molar-refractivity contribution in [2.75, 3.05) is 6.54 Å². The summed E-state index contributed by atoms with van der Waals surface area (Å²) in [6.45, 7) is 2.63. The molecule has 0 heterocycles. The smallest absolute Gasteiger partial charge is 0.0424 e. The number of benzene rings is 3. The Hall–Kier alpha value is -2.42. The minimum atomic E-state index is 0.0126. The van der Waals surface area contributed by atoms with E-state index >= 15 is 0 Å². The average Bonchev–Trinajstić information content (AvgIpc) is 2.64. The van der Waals surface area contributed by atoms with Crippen LogP contribution in [0.25, 0.3) is 0 Å². The molecule has 0 aromatic heterocycles. The summed E-state index contributed by atoms with van der Waals surface area (Å²) in [4.78, 5) is 2.42. The fraction of sp³-hybridized carbons (Fsp3) is 0.182. The number of nitrogens with zero attached hydrogens (tertiary/aromatic N) is 1. The Kier molecular flexibility index (Phi) is 5.78. The summed E-state index contributed by atoms with van der Waals surface area (Å²) in [7, 11) is 0. The molecular weight excluding hydrogens is 292 g/mol. The van der Waals surface area contributed by atoms with Crippen LogP contribution in [0.15, 0.2) is 91.0 Å². The van der Waals surface area contributed by atoms with Crippen molar-refractivity contribution in [3.63, 3.8) is 0 Å². The topological polar surface area (TPSA) is 29.3 Å². The van der Waals surface area contributed by atoms with E-state index in [1.54, 1.807) is 0 Å². The standard InChI is InChI=1S/C22H24N2/c23-22(21-14-8-3-9-15-21)18-24(16-19-10-4-1-5-11-19)17-20-12-6-2-7-13-20/h1-15,22H,16-18,23H2. The van der Waals surface area contributed by atoms with Gasteiger partial charge in [-0.3, -0.25) is 4.90 Å². The third-order valence-corrected chi connectivity index (χ3v) is 4.18. The molecule has 0 aliphatic heterocycles. The molecule has 122 valence electrons. The van der Waals surface area contributed by atoms with E-state index in [9.17, 15) is 0 Å². The van der Waals surface area contributed by atoms with E-state index in [2.05, 4.69) is 77.7 Å². The summed E-state index contributed by atoms with van der Waals surface area (Å²) >= 11 is 0. The fourth-order valence-corrected chi connectivity index (χ4v) is 2.95. The first-order valence-electron chi connectivity index (χ1n) is 8.42. The highest BCUT2D eigenvalue weighted by atomic mass is 15.1. The lowest BCUT2D eigenvalue weighted by atomic mass is 10.1. The highest BCUT2D eigenvalue weighted by molar-refractivity contribution is 5.20. The van der Waals surface area contributed by atoms with E-state index in [1.165, 1.54) is 16.7 Å². The fourth-order valence-electron chi connectivity index (χ4n) is 2.95. The number of rotatable bonds is 7. The van der Waals surface area contributed by atoms with E-state index in [-0.39, 0.29) is 6.04 Å². The van der Waals surface area contributed by atoms with Gasteiger partial charge in [0.05, 0.1) is 0 Å². The van der Waals surface area contributed by atoms with E-state index < -0.39 is 0 Å². The van der Waals surface area contributed by atoms with Crippen LogP contribution in [0.4, 0.5) is 0 Å². The Labute approximate surface area is 144 Å². The van der Waals surface area contributed by atoms with Crippen LogP contribution in [-0.4, -0.2) is 11.4 Å². The van der Waals surface area contributed by atoms with Gasteiger partial charge in [0.1, 0.15) is 0 Å². The minimum absolute atomic E-state index is 0.0126. The Balaban J connectivity index is 1.73. The summed E-state index contributed by atoms with van der Waals surface area (Å²) in [5.74, 6) is 0. The Morgan fingerprint density at radius 1 is 0.625 bits per heavy atom. The lowest BCUT2D eigenvalue weighted by molar-refractivity contribution is 0.240. The van der Waals surface area contributed by atoms with Crippen molar-refractivity contribution in [3.8, 4) is 0 Å². The predicted molar refractivity (Wildman–Crippen MR) is 100 cm³/mol. The molecule has 2 N–H and O–H groups in total. The van der Waals surface area contributed by atoms with Crippen LogP contribution in [0, 0.1) is 0 Å². The Bertz CT molecular complexity index is 669. The van der Waals surface area contributed by atoms with Crippen LogP contribution in [0.2, 0.25) is 0 Å². The maximum atomic E-state index is 6.46. The molecule has 0 radical (unpaired) electrons. The normalized spacial score (nSPS) is 12.2. The maximum absolute atomic E-state index is 6.46. The summed E-state index contributed by atoms with van der Waals surface area (Å²) < 4.78 is 0. The van der Waals surface area contributed by atoms with Gasteiger partial charge in [-0.1, -0.05) is 91.0 Å². The van der Waals surface area contributed by atoms with Gasteiger partial charge in [-0.2, -0.15) is 0 Å². The SMILES string of the molecule is NC(CN(Cc1ccccc1)Cc1ccccc1)c1ccccc1. The Morgan fingerprint density at radius 2 is 1.04 bits per heavy atom. The van der Waals surface area contributed by atoms with Crippen molar-refractivity contribution >= 4 is 0 Å². The van der Waals surface area contributed by atoms with Crippen LogP contribution in [0.1, 0.15) is 22.7 Å². The van der Waals surface area contributed by atoms with Crippen molar-refractivity contribution in [3.05, 3.63) is 108 Å². The molecule has 3 aromatic rings. The van der Waals surface area contributed by atoms with E-state index in [1.807, 2.05) is 18.2 Å². The highest BCUT2D eigenvalue weighted by Crippen LogP contribution is 2.16. The molecule has 1 atom stereocenters. The second-order valence-electron chi connectivity index (χ2n) is 6.16. The first-order valence-corrected chi connectivity index (χ1v) is 8.42. The molecule has 0 amide bonds. The maximum Gasteiger partial charge on any atom is 0.0424 e. The van der Waals surface area contributed by atoms with E-state index in [0.717, 1.165) is 19.6 Å². The molecule has 0 aliphatic carbocycles. The monoisotopic (exact) mass is 316 g/mol. The van der Waals surface area contributed by atoms with Gasteiger partial charge in [-0.15, -0.1) is 0 Å². The van der Waals surface area contributed by atoms with Crippen LogP contribution in [-0.2, 0) is 13.1 Å². The van der Waals surface area contributed by atoms with Gasteiger partial charge >= 0.3 is 0 Å². The molecule has 0 bridgehead atoms. The van der Waals surface area contributed by atoms with Gasteiger partial charge in [-0.05, 0) is 16.7 Å². The first-order chi connectivity index (χ1) is 11.8. The van der Waals surface area contributed by atoms with Crippen LogP contribution < -0.4 is 5.73 Å². The number of hydrogen-bond acceptors (Lipinski definition) is 2. The lowest BCUT2D eigenvalue weighted by Gasteiger charge is -2.26. The summed E-state index contributed by atoms with van der Waals surface area (Å²) in [6.07, 6.45) is 0. The largest absolute Gasteiger partial charge is 0.323 e. The predicted octanol–water partition coefficient (Wildman–Crippen LogP) is 4.39. The van der Waals surface area contributed by atoms with Gasteiger partial charge in [-0.25, -0.2) is 0 Å². The van der Waals surface area contributed by atoms with E-state index in [0.29, 0.717) is 0 Å². The summed E-state index contributed by atoms with van der Waals surface area (Å²) in [5.41, 5.74) is 10.3. The quantitative estimate of drug-likeness (QED) is 0.700. The number of hydrogen-bond donors (Lipinski definition) is 1. The third kappa shape index (κ3) is 4.79. The zero-order valence-corrected chi connectivity index (χ0v) is 13.9. The molecule has 0 fully saturated rings. The zero-order chi connectivity index (χ0) is 16.6. The van der Waals surface area contributed by atoms with Gasteiger partial charge in [0.2, 0.25) is 0 Å². The van der Waals surface area contributed by atoms with Crippen molar-refractivity contribution in [2.45, 2.75) is 19.1 Å². The molecule has 0 aliphatic rings. The minimum Gasteiger partial charge on any atom is -0.323 e. The zero-order valence-electron chi connectivity index (χ0n) is 13.9. The molecule has 2 nitrogen and oxygen atoms in total. The second-order valence-corrected chi connectivity index (χ2v) is 6.16. The summed E-state index contributed by atoms with van der Waals surface area (Å²) in [6, 6.07) is 31.5. The third-order valence-electron chi connectivity index (χ3n) is 4.18. The van der Waals surface area contributed by atoms with Gasteiger partial charge < -0.3 is 5.73 Å². The van der Waals surface area contributed by atoms with Crippen molar-refractivity contribution < 1.29 is 0 Å². The van der Waals surface area contributed by atoms with E-state index in [4.69, 9.17) is 5.73 Å². The molecule has 24 heavy (non-hydrogen) atoms. The lowest BCUT2D eigenvalue weighted by Crippen LogP contribution is -2.31. The van der Waals surface area contributed by atoms with Gasteiger partial charge in [0.15, 0.2) is 0 Å². The molecule has 0 saturated heterocycles. The van der Waals surface area contributed by atoms with Crippen molar-refractivity contribution in [2.24, 2.45) is 5.73 Å². The molecule has 3 rings (SSSR count). The first kappa shape index (κ1) is 16.4. The Morgan fingerprint density at radius 3 is 1.50 bits per heavy atom. The van der Waals surface area contributed by atoms with Crippen LogP contribution in [0.3, 0.4) is 0 Å². The average molecular weight is 316 g/mol. The van der Waals surface area contributed by atoms with Crippen LogP contribution in [0.5, 0.6) is 0 Å². The second kappa shape index (κ2) is 8.44. The van der Waals surface area contributed by atoms with Gasteiger partial charge in [0, 0.05) is 25.7 Å².